The zero-order valence-electron chi connectivity index (χ0n) is 16.1. The molecular weight excluding hydrogens is 388 g/mol. The molecule has 29 heavy (non-hydrogen) atoms. The van der Waals surface area contributed by atoms with E-state index < -0.39 is 0 Å². The van der Waals surface area contributed by atoms with Crippen LogP contribution in [0.4, 0.5) is 0 Å². The van der Waals surface area contributed by atoms with E-state index in [0.717, 1.165) is 59.5 Å². The Bertz CT molecular complexity index is 1060. The van der Waals surface area contributed by atoms with E-state index in [2.05, 4.69) is 4.98 Å². The molecule has 5 nitrogen and oxygen atoms in total. The van der Waals surface area contributed by atoms with E-state index in [1.807, 2.05) is 47.5 Å². The van der Waals surface area contributed by atoms with Gasteiger partial charge < -0.3 is 19.4 Å². The third-order valence-electron chi connectivity index (χ3n) is 5.86. The molecule has 1 saturated heterocycles. The molecule has 0 spiro atoms. The number of benzene rings is 2. The van der Waals surface area contributed by atoms with Crippen molar-refractivity contribution in [1.29, 1.82) is 0 Å². The molecular formula is C23H23ClN2O3. The summed E-state index contributed by atoms with van der Waals surface area (Å²) >= 11 is 6.28. The van der Waals surface area contributed by atoms with E-state index in [1.165, 1.54) is 0 Å². The van der Waals surface area contributed by atoms with Crippen molar-refractivity contribution in [2.45, 2.75) is 25.2 Å². The number of aromatic nitrogens is 1. The molecule has 1 amide bonds. The van der Waals surface area contributed by atoms with Gasteiger partial charge in [-0.15, -0.1) is 0 Å². The Balaban J connectivity index is 1.57. The van der Waals surface area contributed by atoms with Crippen LogP contribution in [0.5, 0.6) is 11.5 Å². The van der Waals surface area contributed by atoms with E-state index in [9.17, 15) is 4.79 Å². The lowest BCUT2D eigenvalue weighted by atomic mass is 9.87. The van der Waals surface area contributed by atoms with Gasteiger partial charge in [0.05, 0.1) is 0 Å². The number of ether oxygens (including phenoxy) is 2. The largest absolute Gasteiger partial charge is 0.486 e. The second kappa shape index (κ2) is 7.64. The van der Waals surface area contributed by atoms with Gasteiger partial charge in [-0.05, 0) is 54.3 Å². The number of aromatic amines is 1. The molecule has 1 unspecified atom stereocenters. The van der Waals surface area contributed by atoms with Crippen molar-refractivity contribution in [1.82, 2.24) is 9.88 Å². The van der Waals surface area contributed by atoms with Gasteiger partial charge in [-0.2, -0.15) is 0 Å². The number of nitrogens with zero attached hydrogens (tertiary/aromatic N) is 1. The summed E-state index contributed by atoms with van der Waals surface area (Å²) in [4.78, 5) is 18.4. The number of carbonyl (C=O) groups is 1. The van der Waals surface area contributed by atoms with Crippen molar-refractivity contribution in [2.75, 3.05) is 26.3 Å². The molecule has 150 valence electrons. The van der Waals surface area contributed by atoms with Crippen LogP contribution in [0.25, 0.3) is 10.9 Å². The van der Waals surface area contributed by atoms with Crippen LogP contribution in [0.3, 0.4) is 0 Å². The number of H-pyrrole nitrogens is 1. The van der Waals surface area contributed by atoms with Gasteiger partial charge in [0.25, 0.3) is 0 Å². The summed E-state index contributed by atoms with van der Waals surface area (Å²) in [6, 6.07) is 11.8. The average molecular weight is 411 g/mol. The molecule has 1 aromatic heterocycles. The zero-order valence-corrected chi connectivity index (χ0v) is 16.9. The number of likely N-dealkylation sites (tertiary alicyclic amines) is 1. The predicted molar refractivity (Wildman–Crippen MR) is 113 cm³/mol. The average Bonchev–Trinajstić information content (AvgIpc) is 3.42. The minimum Gasteiger partial charge on any atom is -0.486 e. The lowest BCUT2D eigenvalue weighted by molar-refractivity contribution is -0.130. The van der Waals surface area contributed by atoms with Crippen molar-refractivity contribution in [3.63, 3.8) is 0 Å². The van der Waals surface area contributed by atoms with Crippen LogP contribution in [0.1, 0.15) is 36.3 Å². The van der Waals surface area contributed by atoms with Crippen molar-refractivity contribution < 1.29 is 14.3 Å². The van der Waals surface area contributed by atoms with E-state index in [1.54, 1.807) is 0 Å². The van der Waals surface area contributed by atoms with Gasteiger partial charge in [0, 0.05) is 47.6 Å². The molecule has 6 heteroatoms. The first kappa shape index (κ1) is 18.4. The summed E-state index contributed by atoms with van der Waals surface area (Å²) in [5.74, 6) is 1.60. The van der Waals surface area contributed by atoms with Crippen molar-refractivity contribution >= 4 is 28.4 Å². The fraction of sp³-hybridized carbons (Fsp3) is 0.348. The number of hydrogen-bond donors (Lipinski definition) is 1. The van der Waals surface area contributed by atoms with Crippen LogP contribution in [0, 0.1) is 0 Å². The standard InChI is InChI=1S/C23H23ClN2O3/c24-16-4-5-20-18(12-16)19(14-25-20)17(13-23(27)26-7-1-2-8-26)15-3-6-21-22(11-15)29-10-9-28-21/h3-6,11-12,14,17,25H,1-2,7-10,13H2. The minimum absolute atomic E-state index is 0.0915. The Labute approximate surface area is 174 Å². The maximum absolute atomic E-state index is 13.0. The molecule has 3 aromatic rings. The quantitative estimate of drug-likeness (QED) is 0.676. The van der Waals surface area contributed by atoms with Gasteiger partial charge >= 0.3 is 0 Å². The summed E-state index contributed by atoms with van der Waals surface area (Å²) in [6.07, 6.45) is 4.59. The van der Waals surface area contributed by atoms with Gasteiger partial charge in [-0.3, -0.25) is 4.79 Å². The number of amides is 1. The molecule has 1 atom stereocenters. The summed E-state index contributed by atoms with van der Waals surface area (Å²) in [5, 5.41) is 1.73. The molecule has 2 aromatic carbocycles. The van der Waals surface area contributed by atoms with E-state index in [0.29, 0.717) is 24.7 Å². The first-order valence-electron chi connectivity index (χ1n) is 10.1. The Morgan fingerprint density at radius 3 is 2.69 bits per heavy atom. The van der Waals surface area contributed by atoms with Crippen LogP contribution in [0.15, 0.2) is 42.6 Å². The molecule has 0 aliphatic carbocycles. The van der Waals surface area contributed by atoms with Crippen molar-refractivity contribution in [3.05, 3.63) is 58.7 Å². The maximum atomic E-state index is 13.0. The second-order valence-corrected chi connectivity index (χ2v) is 8.12. The fourth-order valence-electron chi connectivity index (χ4n) is 4.36. The second-order valence-electron chi connectivity index (χ2n) is 7.68. The highest BCUT2D eigenvalue weighted by Crippen LogP contribution is 2.39. The number of hydrogen-bond acceptors (Lipinski definition) is 3. The normalized spacial score (nSPS) is 16.9. The van der Waals surface area contributed by atoms with Gasteiger partial charge in [0.1, 0.15) is 13.2 Å². The first-order valence-corrected chi connectivity index (χ1v) is 10.5. The SMILES string of the molecule is O=C(CC(c1ccc2c(c1)OCCO2)c1c[nH]c2ccc(Cl)cc12)N1CCCC1. The molecule has 2 aliphatic heterocycles. The first-order chi connectivity index (χ1) is 14.2. The lowest BCUT2D eigenvalue weighted by Gasteiger charge is -2.24. The van der Waals surface area contributed by atoms with E-state index in [4.69, 9.17) is 21.1 Å². The highest BCUT2D eigenvalue weighted by Gasteiger charge is 2.27. The lowest BCUT2D eigenvalue weighted by Crippen LogP contribution is -2.29. The Kier molecular flexibility index (Phi) is 4.84. The molecule has 5 rings (SSSR count). The number of nitrogens with one attached hydrogen (secondary N) is 1. The molecule has 2 aliphatic rings. The summed E-state index contributed by atoms with van der Waals surface area (Å²) in [5.41, 5.74) is 3.13. The number of rotatable bonds is 4. The van der Waals surface area contributed by atoms with Crippen LogP contribution >= 0.6 is 11.6 Å². The van der Waals surface area contributed by atoms with Crippen molar-refractivity contribution in [3.8, 4) is 11.5 Å². The van der Waals surface area contributed by atoms with Gasteiger partial charge in [-0.1, -0.05) is 17.7 Å². The number of carbonyl (C=O) groups excluding carboxylic acids is 1. The van der Waals surface area contributed by atoms with Crippen LogP contribution in [-0.4, -0.2) is 42.1 Å². The highest BCUT2D eigenvalue weighted by atomic mass is 35.5. The summed E-state index contributed by atoms with van der Waals surface area (Å²) < 4.78 is 11.5. The van der Waals surface area contributed by atoms with Gasteiger partial charge in [-0.25, -0.2) is 0 Å². The van der Waals surface area contributed by atoms with Gasteiger partial charge in [0.15, 0.2) is 11.5 Å². The smallest absolute Gasteiger partial charge is 0.223 e. The van der Waals surface area contributed by atoms with Crippen LogP contribution in [0.2, 0.25) is 5.02 Å². The molecule has 0 radical (unpaired) electrons. The molecule has 3 heterocycles. The molecule has 0 bridgehead atoms. The third kappa shape index (κ3) is 3.55. The minimum atomic E-state index is -0.0915. The van der Waals surface area contributed by atoms with Crippen LogP contribution < -0.4 is 9.47 Å². The number of fused-ring (bicyclic) bond motifs is 2. The molecule has 1 fully saturated rings. The van der Waals surface area contributed by atoms with Crippen molar-refractivity contribution in [2.24, 2.45) is 0 Å². The summed E-state index contributed by atoms with van der Waals surface area (Å²) in [6.45, 7) is 2.81. The fourth-order valence-corrected chi connectivity index (χ4v) is 4.53. The monoisotopic (exact) mass is 410 g/mol. The Morgan fingerprint density at radius 1 is 1.07 bits per heavy atom. The van der Waals surface area contributed by atoms with E-state index in [-0.39, 0.29) is 11.8 Å². The number of halogens is 1. The molecule has 1 N–H and O–H groups in total. The summed E-state index contributed by atoms with van der Waals surface area (Å²) in [7, 11) is 0. The third-order valence-corrected chi connectivity index (χ3v) is 6.09. The topological polar surface area (TPSA) is 54.6 Å². The Morgan fingerprint density at radius 2 is 1.86 bits per heavy atom. The maximum Gasteiger partial charge on any atom is 0.223 e. The van der Waals surface area contributed by atoms with Crippen LogP contribution in [-0.2, 0) is 4.79 Å². The molecule has 0 saturated carbocycles. The zero-order chi connectivity index (χ0) is 19.8. The predicted octanol–water partition coefficient (Wildman–Crippen LogP) is 4.74. The van der Waals surface area contributed by atoms with E-state index >= 15 is 0 Å². The highest BCUT2D eigenvalue weighted by molar-refractivity contribution is 6.31. The Hall–Kier alpha value is -2.66. The van der Waals surface area contributed by atoms with Gasteiger partial charge in [0.2, 0.25) is 5.91 Å².